The van der Waals surface area contributed by atoms with Crippen LogP contribution in [0.15, 0.2) is 12.1 Å². The summed E-state index contributed by atoms with van der Waals surface area (Å²) in [6, 6.07) is 3.88. The van der Waals surface area contributed by atoms with Crippen LogP contribution >= 0.6 is 11.3 Å². The molecule has 3 rings (SSSR count). The summed E-state index contributed by atoms with van der Waals surface area (Å²) in [5.41, 5.74) is 4.55. The Balaban J connectivity index is 1.95. The third kappa shape index (κ3) is 2.39. The van der Waals surface area contributed by atoms with E-state index < -0.39 is 0 Å². The molecule has 3 aromatic heterocycles. The van der Waals surface area contributed by atoms with Gasteiger partial charge >= 0.3 is 0 Å². The van der Waals surface area contributed by atoms with Gasteiger partial charge in [-0.15, -0.1) is 11.3 Å². The van der Waals surface area contributed by atoms with E-state index in [-0.39, 0.29) is 5.91 Å². The van der Waals surface area contributed by atoms with Gasteiger partial charge in [-0.2, -0.15) is 5.10 Å². The van der Waals surface area contributed by atoms with Crippen molar-refractivity contribution in [3.8, 4) is 0 Å². The summed E-state index contributed by atoms with van der Waals surface area (Å²) in [7, 11) is 1.89. The fourth-order valence-electron chi connectivity index (χ4n) is 2.70. The molecule has 0 unspecified atom stereocenters. The number of amides is 1. The second kappa shape index (κ2) is 5.21. The standard InChI is InChI=1S/C16H18N4OS/c1-8-6-9(2)17-11(4)14(8)18-15(21)13-7-12-10(3)19-20(5)16(12)22-13/h6-7H,1-5H3,(H,18,21). The lowest BCUT2D eigenvalue weighted by Gasteiger charge is -2.11. The van der Waals surface area contributed by atoms with Gasteiger partial charge in [-0.25, -0.2) is 0 Å². The Bertz CT molecular complexity index is 834. The van der Waals surface area contributed by atoms with E-state index in [9.17, 15) is 4.79 Å². The van der Waals surface area contributed by atoms with Gasteiger partial charge in [-0.3, -0.25) is 14.5 Å². The van der Waals surface area contributed by atoms with E-state index in [0.717, 1.165) is 38.5 Å². The number of carbonyl (C=O) groups excluding carboxylic acids is 1. The number of pyridine rings is 1. The zero-order valence-corrected chi connectivity index (χ0v) is 14.1. The molecule has 0 bridgehead atoms. The molecule has 0 aliphatic rings. The summed E-state index contributed by atoms with van der Waals surface area (Å²) in [5, 5.41) is 8.38. The third-order valence-corrected chi connectivity index (χ3v) is 4.88. The summed E-state index contributed by atoms with van der Waals surface area (Å²) in [6.07, 6.45) is 0. The largest absolute Gasteiger partial charge is 0.319 e. The van der Waals surface area contributed by atoms with E-state index >= 15 is 0 Å². The molecular weight excluding hydrogens is 296 g/mol. The van der Waals surface area contributed by atoms with Gasteiger partial charge in [0.1, 0.15) is 4.83 Å². The van der Waals surface area contributed by atoms with Crippen LogP contribution in [0.25, 0.3) is 10.2 Å². The Hall–Kier alpha value is -2.21. The van der Waals surface area contributed by atoms with Crippen molar-refractivity contribution in [2.75, 3.05) is 5.32 Å². The average Bonchev–Trinajstić information content (AvgIpc) is 2.96. The number of nitrogens with zero attached hydrogens (tertiary/aromatic N) is 3. The van der Waals surface area contributed by atoms with Crippen LogP contribution in [0.2, 0.25) is 0 Å². The third-order valence-electron chi connectivity index (χ3n) is 3.68. The van der Waals surface area contributed by atoms with Gasteiger partial charge in [-0.05, 0) is 45.4 Å². The maximum atomic E-state index is 12.5. The van der Waals surface area contributed by atoms with E-state index in [1.54, 1.807) is 0 Å². The first-order valence-corrected chi connectivity index (χ1v) is 7.88. The Morgan fingerprint density at radius 3 is 2.55 bits per heavy atom. The molecule has 114 valence electrons. The van der Waals surface area contributed by atoms with Crippen molar-refractivity contribution in [3.63, 3.8) is 0 Å². The molecule has 22 heavy (non-hydrogen) atoms. The smallest absolute Gasteiger partial charge is 0.265 e. The van der Waals surface area contributed by atoms with Crippen molar-refractivity contribution in [2.45, 2.75) is 27.7 Å². The van der Waals surface area contributed by atoms with Gasteiger partial charge in [0.2, 0.25) is 0 Å². The Morgan fingerprint density at radius 2 is 1.91 bits per heavy atom. The molecular formula is C16H18N4OS. The number of fused-ring (bicyclic) bond motifs is 1. The van der Waals surface area contributed by atoms with Gasteiger partial charge in [0.05, 0.1) is 22.0 Å². The molecule has 0 saturated carbocycles. The number of hydrogen-bond donors (Lipinski definition) is 1. The summed E-state index contributed by atoms with van der Waals surface area (Å²) >= 11 is 1.45. The minimum atomic E-state index is -0.0996. The fraction of sp³-hybridized carbons (Fsp3) is 0.312. The first-order chi connectivity index (χ1) is 10.4. The van der Waals surface area contributed by atoms with Crippen LogP contribution in [-0.2, 0) is 7.05 Å². The molecule has 0 aromatic carbocycles. The minimum absolute atomic E-state index is 0.0996. The summed E-state index contributed by atoms with van der Waals surface area (Å²) in [4.78, 5) is 18.6. The molecule has 0 radical (unpaired) electrons. The van der Waals surface area contributed by atoms with Gasteiger partial charge in [0.15, 0.2) is 0 Å². The minimum Gasteiger partial charge on any atom is -0.319 e. The second-order valence-electron chi connectivity index (χ2n) is 5.53. The summed E-state index contributed by atoms with van der Waals surface area (Å²) in [6.45, 7) is 7.80. The maximum Gasteiger partial charge on any atom is 0.265 e. The molecule has 3 heterocycles. The van der Waals surface area contributed by atoms with Crippen molar-refractivity contribution in [3.05, 3.63) is 39.7 Å². The Kier molecular flexibility index (Phi) is 3.48. The lowest BCUT2D eigenvalue weighted by Crippen LogP contribution is -2.13. The quantitative estimate of drug-likeness (QED) is 0.787. The van der Waals surface area contributed by atoms with Crippen LogP contribution in [0.5, 0.6) is 0 Å². The van der Waals surface area contributed by atoms with Gasteiger partial charge < -0.3 is 5.32 Å². The molecule has 3 aromatic rings. The number of rotatable bonds is 2. The molecule has 0 spiro atoms. The number of hydrogen-bond acceptors (Lipinski definition) is 4. The van der Waals surface area contributed by atoms with Crippen LogP contribution in [0.3, 0.4) is 0 Å². The molecule has 0 aliphatic heterocycles. The molecule has 0 saturated heterocycles. The lowest BCUT2D eigenvalue weighted by molar-refractivity contribution is 0.103. The number of thiophene rings is 1. The van der Waals surface area contributed by atoms with Gasteiger partial charge in [0.25, 0.3) is 5.91 Å². The first-order valence-electron chi connectivity index (χ1n) is 7.06. The zero-order chi connectivity index (χ0) is 16.0. The predicted molar refractivity (Wildman–Crippen MR) is 89.7 cm³/mol. The Labute approximate surface area is 133 Å². The fourth-order valence-corrected chi connectivity index (χ4v) is 3.72. The monoisotopic (exact) mass is 314 g/mol. The van der Waals surface area contributed by atoms with Crippen LogP contribution in [0.1, 0.15) is 32.3 Å². The van der Waals surface area contributed by atoms with Crippen LogP contribution in [0.4, 0.5) is 5.69 Å². The maximum absolute atomic E-state index is 12.5. The summed E-state index contributed by atoms with van der Waals surface area (Å²) < 4.78 is 1.82. The number of aromatic nitrogens is 3. The van der Waals surface area contributed by atoms with E-state index in [1.165, 1.54) is 11.3 Å². The van der Waals surface area contributed by atoms with Crippen molar-refractivity contribution >= 4 is 33.1 Å². The van der Waals surface area contributed by atoms with E-state index in [2.05, 4.69) is 15.4 Å². The van der Waals surface area contributed by atoms with Crippen molar-refractivity contribution in [1.29, 1.82) is 0 Å². The van der Waals surface area contributed by atoms with Crippen LogP contribution in [0, 0.1) is 27.7 Å². The van der Waals surface area contributed by atoms with Crippen LogP contribution < -0.4 is 5.32 Å². The highest BCUT2D eigenvalue weighted by Crippen LogP contribution is 2.29. The molecule has 0 atom stereocenters. The molecule has 5 nitrogen and oxygen atoms in total. The van der Waals surface area contributed by atoms with Gasteiger partial charge in [0, 0.05) is 18.1 Å². The van der Waals surface area contributed by atoms with E-state index in [1.807, 2.05) is 51.6 Å². The molecule has 6 heteroatoms. The van der Waals surface area contributed by atoms with E-state index in [0.29, 0.717) is 4.88 Å². The number of anilines is 1. The first kappa shape index (κ1) is 14.7. The summed E-state index contributed by atoms with van der Waals surface area (Å²) in [5.74, 6) is -0.0996. The number of carbonyl (C=O) groups is 1. The lowest BCUT2D eigenvalue weighted by atomic mass is 10.1. The highest BCUT2D eigenvalue weighted by atomic mass is 32.1. The molecule has 1 N–H and O–H groups in total. The highest BCUT2D eigenvalue weighted by molar-refractivity contribution is 7.20. The average molecular weight is 314 g/mol. The Morgan fingerprint density at radius 1 is 1.18 bits per heavy atom. The van der Waals surface area contributed by atoms with Crippen molar-refractivity contribution in [1.82, 2.24) is 14.8 Å². The normalized spacial score (nSPS) is 11.1. The molecule has 0 aliphatic carbocycles. The highest BCUT2D eigenvalue weighted by Gasteiger charge is 2.17. The second-order valence-corrected chi connectivity index (χ2v) is 6.56. The topological polar surface area (TPSA) is 59.8 Å². The predicted octanol–water partition coefficient (Wildman–Crippen LogP) is 3.52. The van der Waals surface area contributed by atoms with Crippen molar-refractivity contribution in [2.24, 2.45) is 7.05 Å². The van der Waals surface area contributed by atoms with Crippen molar-refractivity contribution < 1.29 is 4.79 Å². The SMILES string of the molecule is Cc1cc(C)c(NC(=O)c2cc3c(C)nn(C)c3s2)c(C)n1. The van der Waals surface area contributed by atoms with Crippen LogP contribution in [-0.4, -0.2) is 20.7 Å². The van der Waals surface area contributed by atoms with E-state index in [4.69, 9.17) is 0 Å². The molecule has 0 fully saturated rings. The van der Waals surface area contributed by atoms with Gasteiger partial charge in [-0.1, -0.05) is 0 Å². The molecule has 1 amide bonds. The number of nitrogens with one attached hydrogen (secondary N) is 1. The zero-order valence-electron chi connectivity index (χ0n) is 13.3. The number of aryl methyl sites for hydroxylation is 5.